The summed E-state index contributed by atoms with van der Waals surface area (Å²) in [5.41, 5.74) is 2.10. The van der Waals surface area contributed by atoms with Gasteiger partial charge in [-0.2, -0.15) is 5.10 Å². The molecule has 0 radical (unpaired) electrons. The second-order valence-corrected chi connectivity index (χ2v) is 6.36. The summed E-state index contributed by atoms with van der Waals surface area (Å²) in [6.45, 7) is 0.846. The molecule has 0 amide bonds. The first-order chi connectivity index (χ1) is 12.7. The maximum absolute atomic E-state index is 12.4. The molecular weight excluding hydrogens is 354 g/mol. The minimum absolute atomic E-state index is 0.135. The molecule has 3 aromatic rings. The molecule has 7 nitrogen and oxygen atoms in total. The van der Waals surface area contributed by atoms with Crippen LogP contribution in [0.3, 0.4) is 0 Å². The van der Waals surface area contributed by atoms with Crippen LogP contribution in [0.5, 0.6) is 0 Å². The lowest BCUT2D eigenvalue weighted by Gasteiger charge is -2.22. The first-order valence-electron chi connectivity index (χ1n) is 8.16. The van der Waals surface area contributed by atoms with Gasteiger partial charge in [-0.3, -0.25) is 14.8 Å². The summed E-state index contributed by atoms with van der Waals surface area (Å²) in [7, 11) is 0. The normalized spacial score (nSPS) is 19.4. The molecule has 0 aliphatic carbocycles. The molecule has 1 fully saturated rings. The van der Waals surface area contributed by atoms with Crippen LogP contribution in [0.15, 0.2) is 59.9 Å². The maximum atomic E-state index is 12.4. The third-order valence-corrected chi connectivity index (χ3v) is 4.56. The third kappa shape index (κ3) is 3.31. The van der Waals surface area contributed by atoms with Crippen molar-refractivity contribution in [2.24, 2.45) is 0 Å². The highest BCUT2D eigenvalue weighted by molar-refractivity contribution is 6.33. The van der Waals surface area contributed by atoms with Crippen LogP contribution in [-0.2, 0) is 4.74 Å². The van der Waals surface area contributed by atoms with Crippen molar-refractivity contribution in [1.82, 2.24) is 19.7 Å². The molecule has 132 valence electrons. The molecule has 0 bridgehead atoms. The number of rotatable bonds is 4. The fraction of sp³-hybridized carbons (Fsp3) is 0.222. The predicted octanol–water partition coefficient (Wildman–Crippen LogP) is 2.41. The second kappa shape index (κ2) is 7.23. The van der Waals surface area contributed by atoms with Gasteiger partial charge in [-0.1, -0.05) is 11.6 Å². The number of hydrogen-bond donors (Lipinski definition) is 1. The van der Waals surface area contributed by atoms with Gasteiger partial charge in [0.15, 0.2) is 0 Å². The predicted molar refractivity (Wildman–Crippen MR) is 98.2 cm³/mol. The lowest BCUT2D eigenvalue weighted by atomic mass is 10.1. The molecule has 2 atom stereocenters. The molecule has 1 saturated heterocycles. The smallest absolute Gasteiger partial charge is 0.267 e. The van der Waals surface area contributed by atoms with E-state index in [0.717, 1.165) is 11.3 Å². The van der Waals surface area contributed by atoms with E-state index in [-0.39, 0.29) is 17.6 Å². The summed E-state index contributed by atoms with van der Waals surface area (Å²) in [6, 6.07) is 8.37. The topological polar surface area (TPSA) is 81.9 Å². The van der Waals surface area contributed by atoms with E-state index in [1.807, 2.05) is 12.1 Å². The summed E-state index contributed by atoms with van der Waals surface area (Å²) >= 11 is 6.18. The van der Waals surface area contributed by atoms with Crippen molar-refractivity contribution < 1.29 is 4.74 Å². The lowest BCUT2D eigenvalue weighted by molar-refractivity contribution is 0.183. The van der Waals surface area contributed by atoms with Gasteiger partial charge in [-0.15, -0.1) is 0 Å². The van der Waals surface area contributed by atoms with Crippen LogP contribution in [0, 0.1) is 0 Å². The Balaban J connectivity index is 1.65. The van der Waals surface area contributed by atoms with Crippen molar-refractivity contribution in [2.45, 2.75) is 12.1 Å². The first kappa shape index (κ1) is 16.7. The number of pyridine rings is 2. The minimum atomic E-state index is -0.247. The molecule has 0 saturated carbocycles. The Bertz CT molecular complexity index is 963. The number of hydrogen-bond acceptors (Lipinski definition) is 6. The van der Waals surface area contributed by atoms with Crippen molar-refractivity contribution in [1.29, 1.82) is 0 Å². The van der Waals surface area contributed by atoms with Crippen molar-refractivity contribution >= 4 is 17.3 Å². The molecule has 4 rings (SSSR count). The minimum Gasteiger partial charge on any atom is -0.377 e. The number of halogens is 1. The molecule has 26 heavy (non-hydrogen) atoms. The summed E-state index contributed by atoms with van der Waals surface area (Å²) < 4.78 is 7.08. The van der Waals surface area contributed by atoms with E-state index in [1.54, 1.807) is 36.9 Å². The number of nitrogens with zero attached hydrogens (tertiary/aromatic N) is 4. The summed E-state index contributed by atoms with van der Waals surface area (Å²) in [5, 5.41) is 8.39. The van der Waals surface area contributed by atoms with Gasteiger partial charge >= 0.3 is 0 Å². The number of anilines is 1. The lowest BCUT2D eigenvalue weighted by Crippen LogP contribution is -2.37. The average molecular weight is 370 g/mol. The van der Waals surface area contributed by atoms with E-state index >= 15 is 0 Å². The molecule has 1 N–H and O–H groups in total. The summed E-state index contributed by atoms with van der Waals surface area (Å²) in [4.78, 5) is 20.5. The van der Waals surface area contributed by atoms with Gasteiger partial charge in [0.25, 0.3) is 5.56 Å². The van der Waals surface area contributed by atoms with E-state index < -0.39 is 0 Å². The van der Waals surface area contributed by atoms with Crippen molar-refractivity contribution in [3.8, 4) is 11.3 Å². The number of aromatic nitrogens is 4. The molecule has 8 heteroatoms. The zero-order valence-corrected chi connectivity index (χ0v) is 14.5. The Morgan fingerprint density at radius 3 is 2.81 bits per heavy atom. The molecule has 1 aliphatic heterocycles. The van der Waals surface area contributed by atoms with Gasteiger partial charge in [-0.05, 0) is 24.3 Å². The molecule has 0 spiro atoms. The van der Waals surface area contributed by atoms with E-state index in [0.29, 0.717) is 23.9 Å². The van der Waals surface area contributed by atoms with Crippen LogP contribution in [0.1, 0.15) is 6.04 Å². The fourth-order valence-corrected chi connectivity index (χ4v) is 3.12. The second-order valence-electron chi connectivity index (χ2n) is 5.95. The van der Waals surface area contributed by atoms with Gasteiger partial charge in [-0.25, -0.2) is 4.68 Å². The van der Waals surface area contributed by atoms with E-state index in [9.17, 15) is 4.79 Å². The summed E-state index contributed by atoms with van der Waals surface area (Å²) in [5.74, 6) is 0. The first-order valence-corrected chi connectivity index (χ1v) is 8.54. The Kier molecular flexibility index (Phi) is 4.64. The Hall–Kier alpha value is -2.77. The van der Waals surface area contributed by atoms with E-state index in [4.69, 9.17) is 16.3 Å². The SMILES string of the molecule is O=c1ccc(-c2cccnc2)nn1C1COCC1Nc1ccncc1Cl. The van der Waals surface area contributed by atoms with Crippen molar-refractivity contribution in [3.63, 3.8) is 0 Å². The van der Waals surface area contributed by atoms with Crippen molar-refractivity contribution in [2.75, 3.05) is 18.5 Å². The fourth-order valence-electron chi connectivity index (χ4n) is 2.94. The largest absolute Gasteiger partial charge is 0.377 e. The maximum Gasteiger partial charge on any atom is 0.267 e. The zero-order chi connectivity index (χ0) is 17.9. The van der Waals surface area contributed by atoms with Crippen LogP contribution in [0.25, 0.3) is 11.3 Å². The quantitative estimate of drug-likeness (QED) is 0.760. The Morgan fingerprint density at radius 1 is 1.12 bits per heavy atom. The third-order valence-electron chi connectivity index (χ3n) is 4.26. The van der Waals surface area contributed by atoms with E-state index in [1.165, 1.54) is 10.7 Å². The van der Waals surface area contributed by atoms with Gasteiger partial charge < -0.3 is 10.1 Å². The highest BCUT2D eigenvalue weighted by atomic mass is 35.5. The van der Waals surface area contributed by atoms with Gasteiger partial charge in [0.2, 0.25) is 0 Å². The van der Waals surface area contributed by atoms with Crippen molar-refractivity contribution in [3.05, 3.63) is 70.5 Å². The van der Waals surface area contributed by atoms with Crippen LogP contribution in [-0.4, -0.2) is 39.0 Å². The number of ether oxygens (including phenoxy) is 1. The van der Waals surface area contributed by atoms with Crippen LogP contribution in [0.4, 0.5) is 5.69 Å². The van der Waals surface area contributed by atoms with Crippen LogP contribution >= 0.6 is 11.6 Å². The Morgan fingerprint density at radius 2 is 2.00 bits per heavy atom. The highest BCUT2D eigenvalue weighted by Gasteiger charge is 2.32. The number of nitrogens with one attached hydrogen (secondary N) is 1. The van der Waals surface area contributed by atoms with Gasteiger partial charge in [0.05, 0.1) is 35.7 Å². The van der Waals surface area contributed by atoms with E-state index in [2.05, 4.69) is 20.4 Å². The highest BCUT2D eigenvalue weighted by Crippen LogP contribution is 2.26. The zero-order valence-electron chi connectivity index (χ0n) is 13.7. The molecule has 3 aromatic heterocycles. The average Bonchev–Trinajstić information content (AvgIpc) is 3.13. The Labute approximate surface area is 154 Å². The van der Waals surface area contributed by atoms with Gasteiger partial charge in [0.1, 0.15) is 6.04 Å². The van der Waals surface area contributed by atoms with Gasteiger partial charge in [0, 0.05) is 36.4 Å². The summed E-state index contributed by atoms with van der Waals surface area (Å²) in [6.07, 6.45) is 6.64. The molecular formula is C18H16ClN5O2. The monoisotopic (exact) mass is 369 g/mol. The standard InChI is InChI=1S/C18H16ClN5O2/c19-13-9-21-7-5-15(13)22-16-10-26-11-17(16)24-18(25)4-3-14(23-24)12-2-1-6-20-8-12/h1-9,16-17H,10-11H2,(H,21,22). The van der Waals surface area contributed by atoms with Crippen LogP contribution < -0.4 is 10.9 Å². The molecule has 4 heterocycles. The molecule has 2 unspecified atom stereocenters. The van der Waals surface area contributed by atoms with Crippen LogP contribution in [0.2, 0.25) is 5.02 Å². The molecule has 1 aliphatic rings. The molecule has 0 aromatic carbocycles.